The van der Waals surface area contributed by atoms with E-state index in [4.69, 9.17) is 5.11 Å². The maximum atomic E-state index is 11.9. The van der Waals surface area contributed by atoms with Gasteiger partial charge < -0.3 is 10.4 Å². The SMILES string of the molecule is O=C(O)/C=C/c1cccc(NC(=O)c2ccnnc2)c1. The minimum Gasteiger partial charge on any atom is -0.478 e. The summed E-state index contributed by atoms with van der Waals surface area (Å²) in [6.45, 7) is 0. The lowest BCUT2D eigenvalue weighted by Gasteiger charge is -2.05. The molecule has 2 N–H and O–H groups in total. The first kappa shape index (κ1) is 13.4. The van der Waals surface area contributed by atoms with Crippen molar-refractivity contribution in [3.05, 3.63) is 59.9 Å². The second-order valence-electron chi connectivity index (χ2n) is 3.88. The van der Waals surface area contributed by atoms with E-state index in [2.05, 4.69) is 15.5 Å². The molecule has 1 amide bonds. The molecule has 0 spiro atoms. The van der Waals surface area contributed by atoms with Gasteiger partial charge in [-0.05, 0) is 29.8 Å². The number of carboxylic acid groups (broad SMARTS) is 1. The van der Waals surface area contributed by atoms with Crippen molar-refractivity contribution in [2.24, 2.45) is 0 Å². The number of benzene rings is 1. The molecule has 100 valence electrons. The van der Waals surface area contributed by atoms with Gasteiger partial charge in [0.05, 0.1) is 18.0 Å². The number of carbonyl (C=O) groups is 2. The van der Waals surface area contributed by atoms with Gasteiger partial charge in [-0.25, -0.2) is 4.79 Å². The number of rotatable bonds is 4. The lowest BCUT2D eigenvalue weighted by atomic mass is 10.2. The molecule has 0 atom stereocenters. The number of nitrogens with one attached hydrogen (secondary N) is 1. The van der Waals surface area contributed by atoms with Gasteiger partial charge >= 0.3 is 5.97 Å². The van der Waals surface area contributed by atoms with Gasteiger partial charge in [-0.15, -0.1) is 0 Å². The Bertz CT molecular complexity index is 654. The average molecular weight is 269 g/mol. The molecular weight excluding hydrogens is 258 g/mol. The van der Waals surface area contributed by atoms with Crippen LogP contribution in [0.1, 0.15) is 15.9 Å². The molecule has 0 bridgehead atoms. The van der Waals surface area contributed by atoms with Gasteiger partial charge in [0.25, 0.3) is 5.91 Å². The number of aromatic nitrogens is 2. The first-order valence-electron chi connectivity index (χ1n) is 5.74. The van der Waals surface area contributed by atoms with Crippen molar-refractivity contribution < 1.29 is 14.7 Å². The Morgan fingerprint density at radius 2 is 2.05 bits per heavy atom. The Hall–Kier alpha value is -3.02. The molecule has 0 radical (unpaired) electrons. The summed E-state index contributed by atoms with van der Waals surface area (Å²) in [7, 11) is 0. The van der Waals surface area contributed by atoms with Crippen molar-refractivity contribution in [2.75, 3.05) is 5.32 Å². The number of aliphatic carboxylic acids is 1. The summed E-state index contributed by atoms with van der Waals surface area (Å²) < 4.78 is 0. The summed E-state index contributed by atoms with van der Waals surface area (Å²) in [6.07, 6.45) is 5.28. The molecular formula is C14H11N3O3. The molecule has 0 saturated heterocycles. The maximum Gasteiger partial charge on any atom is 0.328 e. The topological polar surface area (TPSA) is 92.2 Å². The smallest absolute Gasteiger partial charge is 0.328 e. The van der Waals surface area contributed by atoms with E-state index in [-0.39, 0.29) is 5.91 Å². The van der Waals surface area contributed by atoms with Crippen LogP contribution in [0.4, 0.5) is 5.69 Å². The zero-order valence-electron chi connectivity index (χ0n) is 10.4. The predicted molar refractivity (Wildman–Crippen MR) is 73.1 cm³/mol. The molecule has 0 aliphatic carbocycles. The molecule has 6 nitrogen and oxygen atoms in total. The van der Waals surface area contributed by atoms with Crippen molar-refractivity contribution in [1.29, 1.82) is 0 Å². The quantitative estimate of drug-likeness (QED) is 0.826. The van der Waals surface area contributed by atoms with Gasteiger partial charge in [0.2, 0.25) is 0 Å². The molecule has 6 heteroatoms. The second-order valence-corrected chi connectivity index (χ2v) is 3.88. The van der Waals surface area contributed by atoms with Gasteiger partial charge in [-0.3, -0.25) is 4.79 Å². The van der Waals surface area contributed by atoms with Crippen molar-refractivity contribution in [1.82, 2.24) is 10.2 Å². The van der Waals surface area contributed by atoms with E-state index in [0.717, 1.165) is 6.08 Å². The van der Waals surface area contributed by atoms with Crippen LogP contribution >= 0.6 is 0 Å². The van der Waals surface area contributed by atoms with Gasteiger partial charge in [0.1, 0.15) is 0 Å². The molecule has 2 rings (SSSR count). The second kappa shape index (κ2) is 6.24. The molecule has 0 saturated carbocycles. The van der Waals surface area contributed by atoms with Crippen LogP contribution in [-0.2, 0) is 4.79 Å². The van der Waals surface area contributed by atoms with E-state index >= 15 is 0 Å². The van der Waals surface area contributed by atoms with E-state index < -0.39 is 5.97 Å². The fourth-order valence-electron chi connectivity index (χ4n) is 1.52. The fourth-order valence-corrected chi connectivity index (χ4v) is 1.52. The predicted octanol–water partition coefficient (Wildman–Crippen LogP) is 1.83. The number of carboxylic acids is 1. The van der Waals surface area contributed by atoms with Gasteiger partial charge in [0.15, 0.2) is 0 Å². The fraction of sp³-hybridized carbons (Fsp3) is 0. The van der Waals surface area contributed by atoms with E-state index in [0.29, 0.717) is 16.8 Å². The van der Waals surface area contributed by atoms with Crippen LogP contribution in [-0.4, -0.2) is 27.2 Å². The summed E-state index contributed by atoms with van der Waals surface area (Å²) in [5, 5.41) is 18.5. The van der Waals surface area contributed by atoms with Gasteiger partial charge in [-0.2, -0.15) is 10.2 Å². The maximum absolute atomic E-state index is 11.9. The number of hydrogen-bond donors (Lipinski definition) is 2. The average Bonchev–Trinajstić information content (AvgIpc) is 2.46. The van der Waals surface area contributed by atoms with Crippen LogP contribution in [0.2, 0.25) is 0 Å². The molecule has 0 aliphatic heterocycles. The Labute approximate surface area is 114 Å². The Morgan fingerprint density at radius 1 is 1.20 bits per heavy atom. The van der Waals surface area contributed by atoms with Crippen LogP contribution in [0.5, 0.6) is 0 Å². The molecule has 2 aromatic rings. The Balaban J connectivity index is 2.12. The highest BCUT2D eigenvalue weighted by atomic mass is 16.4. The lowest BCUT2D eigenvalue weighted by Crippen LogP contribution is -2.12. The van der Waals surface area contributed by atoms with E-state index in [1.807, 2.05) is 0 Å². The largest absolute Gasteiger partial charge is 0.478 e. The molecule has 0 fully saturated rings. The van der Waals surface area contributed by atoms with Crippen molar-refractivity contribution in [3.63, 3.8) is 0 Å². The molecule has 0 unspecified atom stereocenters. The third-order valence-corrected chi connectivity index (χ3v) is 2.41. The molecule has 1 aromatic heterocycles. The van der Waals surface area contributed by atoms with Crippen LogP contribution in [0, 0.1) is 0 Å². The van der Waals surface area contributed by atoms with E-state index in [9.17, 15) is 9.59 Å². The van der Waals surface area contributed by atoms with Crippen molar-refractivity contribution in [3.8, 4) is 0 Å². The molecule has 0 aliphatic rings. The summed E-state index contributed by atoms with van der Waals surface area (Å²) >= 11 is 0. The van der Waals surface area contributed by atoms with Gasteiger partial charge in [-0.1, -0.05) is 12.1 Å². The van der Waals surface area contributed by atoms with Crippen molar-refractivity contribution in [2.45, 2.75) is 0 Å². The van der Waals surface area contributed by atoms with Crippen LogP contribution in [0.25, 0.3) is 6.08 Å². The summed E-state index contributed by atoms with van der Waals surface area (Å²) in [4.78, 5) is 22.4. The van der Waals surface area contributed by atoms with E-state index in [1.54, 1.807) is 30.3 Å². The summed E-state index contributed by atoms with van der Waals surface area (Å²) in [5.41, 5.74) is 1.64. The zero-order valence-corrected chi connectivity index (χ0v) is 10.4. The first-order valence-corrected chi connectivity index (χ1v) is 5.74. The van der Waals surface area contributed by atoms with E-state index in [1.165, 1.54) is 18.5 Å². The van der Waals surface area contributed by atoms with Crippen LogP contribution < -0.4 is 5.32 Å². The highest BCUT2D eigenvalue weighted by Crippen LogP contribution is 2.13. The highest BCUT2D eigenvalue weighted by Gasteiger charge is 2.05. The molecule has 1 heterocycles. The van der Waals surface area contributed by atoms with Crippen LogP contribution in [0.3, 0.4) is 0 Å². The van der Waals surface area contributed by atoms with Gasteiger partial charge in [0, 0.05) is 11.8 Å². The summed E-state index contributed by atoms with van der Waals surface area (Å²) in [6, 6.07) is 8.40. The highest BCUT2D eigenvalue weighted by molar-refractivity contribution is 6.04. The number of amides is 1. The standard InChI is InChI=1S/C14H11N3O3/c18-13(19)5-4-10-2-1-3-12(8-10)17-14(20)11-6-7-15-16-9-11/h1-9H,(H,17,20)(H,18,19)/b5-4+. The third kappa shape index (κ3) is 3.74. The molecule has 1 aromatic carbocycles. The minimum atomic E-state index is -1.03. The normalized spacial score (nSPS) is 10.4. The Morgan fingerprint density at radius 3 is 2.75 bits per heavy atom. The first-order chi connectivity index (χ1) is 9.65. The van der Waals surface area contributed by atoms with Crippen LogP contribution in [0.15, 0.2) is 48.8 Å². The molecule has 20 heavy (non-hydrogen) atoms. The number of nitrogens with zero attached hydrogens (tertiary/aromatic N) is 2. The minimum absolute atomic E-state index is 0.306. The number of carbonyl (C=O) groups excluding carboxylic acids is 1. The third-order valence-electron chi connectivity index (χ3n) is 2.41. The van der Waals surface area contributed by atoms with Crippen molar-refractivity contribution >= 4 is 23.6 Å². The Kier molecular flexibility index (Phi) is 4.18. The monoisotopic (exact) mass is 269 g/mol. The number of anilines is 1. The lowest BCUT2D eigenvalue weighted by molar-refractivity contribution is -0.131. The summed E-state index contributed by atoms with van der Waals surface area (Å²) in [5.74, 6) is -1.33. The zero-order chi connectivity index (χ0) is 14.4. The number of hydrogen-bond acceptors (Lipinski definition) is 4.